The maximum absolute atomic E-state index is 12.6. The highest BCUT2D eigenvalue weighted by atomic mass is 16.2. The minimum absolute atomic E-state index is 0.0193. The second-order valence-corrected chi connectivity index (χ2v) is 6.14. The largest absolute Gasteiger partial charge is 0.338 e. The minimum Gasteiger partial charge on any atom is -0.338 e. The molecule has 1 amide bonds. The molecule has 0 aromatic rings. The average Bonchev–Trinajstić information content (AvgIpc) is 2.82. The van der Waals surface area contributed by atoms with Crippen molar-refractivity contribution in [3.8, 4) is 6.07 Å². The molecule has 1 saturated carbocycles. The van der Waals surface area contributed by atoms with Gasteiger partial charge < -0.3 is 10.2 Å². The fourth-order valence-corrected chi connectivity index (χ4v) is 3.50. The Morgan fingerprint density at radius 3 is 2.79 bits per heavy atom. The normalized spacial score (nSPS) is 29.9. The van der Waals surface area contributed by atoms with Crippen molar-refractivity contribution < 1.29 is 4.79 Å². The van der Waals surface area contributed by atoms with E-state index in [1.807, 2.05) is 18.7 Å². The van der Waals surface area contributed by atoms with Gasteiger partial charge in [-0.25, -0.2) is 0 Å². The molecule has 106 valence electrons. The van der Waals surface area contributed by atoms with E-state index in [9.17, 15) is 4.79 Å². The summed E-state index contributed by atoms with van der Waals surface area (Å²) in [5.41, 5.74) is 0. The lowest BCUT2D eigenvalue weighted by atomic mass is 9.85. The summed E-state index contributed by atoms with van der Waals surface area (Å²) in [5.74, 6) is 0.882. The Hall–Kier alpha value is -1.08. The number of hydrogen-bond acceptors (Lipinski definition) is 3. The van der Waals surface area contributed by atoms with Crippen LogP contribution < -0.4 is 5.32 Å². The van der Waals surface area contributed by atoms with Crippen LogP contribution in [-0.2, 0) is 4.79 Å². The van der Waals surface area contributed by atoms with Crippen LogP contribution in [0.1, 0.15) is 52.4 Å². The highest BCUT2D eigenvalue weighted by Crippen LogP contribution is 2.33. The van der Waals surface area contributed by atoms with Crippen LogP contribution in [-0.4, -0.2) is 35.5 Å². The third kappa shape index (κ3) is 3.27. The van der Waals surface area contributed by atoms with Gasteiger partial charge in [0, 0.05) is 18.6 Å². The second-order valence-electron chi connectivity index (χ2n) is 6.14. The summed E-state index contributed by atoms with van der Waals surface area (Å²) in [7, 11) is 0. The molecule has 2 rings (SSSR count). The molecule has 1 heterocycles. The summed E-state index contributed by atoms with van der Waals surface area (Å²) < 4.78 is 0. The summed E-state index contributed by atoms with van der Waals surface area (Å²) in [6.45, 7) is 4.61. The van der Waals surface area contributed by atoms with E-state index in [0.29, 0.717) is 24.9 Å². The predicted molar refractivity (Wildman–Crippen MR) is 74.4 cm³/mol. The van der Waals surface area contributed by atoms with Crippen molar-refractivity contribution in [1.82, 2.24) is 10.2 Å². The molecule has 2 fully saturated rings. The first-order chi connectivity index (χ1) is 9.13. The molecule has 1 saturated heterocycles. The van der Waals surface area contributed by atoms with Gasteiger partial charge in [0.05, 0.1) is 18.5 Å². The minimum atomic E-state index is -0.0193. The van der Waals surface area contributed by atoms with Crippen LogP contribution in [0, 0.1) is 17.2 Å². The zero-order valence-corrected chi connectivity index (χ0v) is 12.1. The van der Waals surface area contributed by atoms with Crippen molar-refractivity contribution in [2.24, 2.45) is 5.92 Å². The molecule has 19 heavy (non-hydrogen) atoms. The van der Waals surface area contributed by atoms with Crippen LogP contribution >= 0.6 is 0 Å². The molecule has 1 N–H and O–H groups in total. The smallest absolute Gasteiger partial charge is 0.239 e. The van der Waals surface area contributed by atoms with Crippen molar-refractivity contribution in [1.29, 1.82) is 5.26 Å². The molecule has 0 aromatic heterocycles. The molecule has 2 aliphatic rings. The molecular weight excluding hydrogens is 238 g/mol. The first-order valence-electron chi connectivity index (χ1n) is 7.57. The average molecular weight is 263 g/mol. The fraction of sp³-hybridized carbons (Fsp3) is 0.867. The third-order valence-electron chi connectivity index (χ3n) is 4.53. The van der Waals surface area contributed by atoms with Gasteiger partial charge in [0.2, 0.25) is 5.91 Å². The predicted octanol–water partition coefficient (Wildman–Crippen LogP) is 2.06. The van der Waals surface area contributed by atoms with Crippen LogP contribution in [0.25, 0.3) is 0 Å². The van der Waals surface area contributed by atoms with Gasteiger partial charge in [-0.1, -0.05) is 12.8 Å². The zero-order valence-electron chi connectivity index (χ0n) is 12.1. The van der Waals surface area contributed by atoms with Gasteiger partial charge in [-0.05, 0) is 39.0 Å². The quantitative estimate of drug-likeness (QED) is 0.844. The molecule has 3 unspecified atom stereocenters. The van der Waals surface area contributed by atoms with Crippen molar-refractivity contribution in [2.45, 2.75) is 70.5 Å². The zero-order chi connectivity index (χ0) is 13.8. The number of fused-ring (bicyclic) bond motifs is 1. The van der Waals surface area contributed by atoms with E-state index < -0.39 is 0 Å². The number of amides is 1. The number of nitrogens with zero attached hydrogens (tertiary/aromatic N) is 2. The Morgan fingerprint density at radius 2 is 2.16 bits per heavy atom. The molecular formula is C15H25N3O. The monoisotopic (exact) mass is 263 g/mol. The number of carbonyl (C=O) groups excluding carboxylic acids is 1. The Kier molecular flexibility index (Phi) is 4.81. The Bertz CT molecular complexity index is 347. The second kappa shape index (κ2) is 6.38. The highest BCUT2D eigenvalue weighted by Gasteiger charge is 2.39. The SMILES string of the molecule is CC(C)N(CCC#N)C(=O)C1CC2CCCCC2N1. The molecule has 4 heteroatoms. The van der Waals surface area contributed by atoms with Gasteiger partial charge in [-0.3, -0.25) is 4.79 Å². The van der Waals surface area contributed by atoms with E-state index in [2.05, 4.69) is 11.4 Å². The Balaban J connectivity index is 1.96. The lowest BCUT2D eigenvalue weighted by molar-refractivity contribution is -0.134. The van der Waals surface area contributed by atoms with Gasteiger partial charge in [0.25, 0.3) is 0 Å². The van der Waals surface area contributed by atoms with Gasteiger partial charge in [-0.15, -0.1) is 0 Å². The lowest BCUT2D eigenvalue weighted by Crippen LogP contribution is -2.48. The van der Waals surface area contributed by atoms with Crippen molar-refractivity contribution in [2.75, 3.05) is 6.54 Å². The topological polar surface area (TPSA) is 56.1 Å². The Morgan fingerprint density at radius 1 is 1.42 bits per heavy atom. The molecule has 0 bridgehead atoms. The van der Waals surface area contributed by atoms with E-state index in [-0.39, 0.29) is 18.0 Å². The maximum atomic E-state index is 12.6. The van der Waals surface area contributed by atoms with Crippen LogP contribution in [0.15, 0.2) is 0 Å². The van der Waals surface area contributed by atoms with Gasteiger partial charge >= 0.3 is 0 Å². The molecule has 1 aliphatic carbocycles. The standard InChI is InChI=1S/C15H25N3O/c1-11(2)18(9-5-8-16)15(19)14-10-12-6-3-4-7-13(12)17-14/h11-14,17H,3-7,9-10H2,1-2H3. The number of nitriles is 1. The first kappa shape index (κ1) is 14.3. The first-order valence-corrected chi connectivity index (χ1v) is 7.57. The van der Waals surface area contributed by atoms with Crippen molar-refractivity contribution >= 4 is 5.91 Å². The highest BCUT2D eigenvalue weighted by molar-refractivity contribution is 5.82. The third-order valence-corrected chi connectivity index (χ3v) is 4.53. The number of nitrogens with one attached hydrogen (secondary N) is 1. The number of rotatable bonds is 4. The van der Waals surface area contributed by atoms with E-state index in [4.69, 9.17) is 5.26 Å². The van der Waals surface area contributed by atoms with E-state index >= 15 is 0 Å². The number of hydrogen-bond donors (Lipinski definition) is 1. The molecule has 4 nitrogen and oxygen atoms in total. The molecule has 1 aliphatic heterocycles. The summed E-state index contributed by atoms with van der Waals surface area (Å²) >= 11 is 0. The van der Waals surface area contributed by atoms with E-state index in [0.717, 1.165) is 6.42 Å². The van der Waals surface area contributed by atoms with Gasteiger partial charge in [0.1, 0.15) is 0 Å². The van der Waals surface area contributed by atoms with Crippen LogP contribution in [0.2, 0.25) is 0 Å². The lowest BCUT2D eigenvalue weighted by Gasteiger charge is -2.29. The van der Waals surface area contributed by atoms with Crippen molar-refractivity contribution in [3.05, 3.63) is 0 Å². The summed E-state index contributed by atoms with van der Waals surface area (Å²) in [5, 5.41) is 12.2. The van der Waals surface area contributed by atoms with E-state index in [1.54, 1.807) is 0 Å². The van der Waals surface area contributed by atoms with Crippen LogP contribution in [0.3, 0.4) is 0 Å². The Labute approximate surface area is 116 Å². The van der Waals surface area contributed by atoms with Crippen LogP contribution in [0.4, 0.5) is 0 Å². The maximum Gasteiger partial charge on any atom is 0.239 e. The summed E-state index contributed by atoms with van der Waals surface area (Å²) in [6.07, 6.45) is 6.49. The van der Waals surface area contributed by atoms with Crippen molar-refractivity contribution in [3.63, 3.8) is 0 Å². The van der Waals surface area contributed by atoms with Gasteiger partial charge in [-0.2, -0.15) is 5.26 Å². The molecule has 0 spiro atoms. The molecule has 3 atom stereocenters. The fourth-order valence-electron chi connectivity index (χ4n) is 3.50. The number of carbonyl (C=O) groups is 1. The van der Waals surface area contributed by atoms with Gasteiger partial charge in [0.15, 0.2) is 0 Å². The molecule has 0 aromatic carbocycles. The van der Waals surface area contributed by atoms with Crippen LogP contribution in [0.5, 0.6) is 0 Å². The summed E-state index contributed by atoms with van der Waals surface area (Å²) in [6, 6.07) is 2.84. The molecule has 0 radical (unpaired) electrons. The van der Waals surface area contributed by atoms with E-state index in [1.165, 1.54) is 25.7 Å². The summed E-state index contributed by atoms with van der Waals surface area (Å²) in [4.78, 5) is 14.4.